The van der Waals surface area contributed by atoms with Gasteiger partial charge in [-0.15, -0.1) is 0 Å². The predicted octanol–water partition coefficient (Wildman–Crippen LogP) is 1.77. The van der Waals surface area contributed by atoms with Crippen LogP contribution in [0.1, 0.15) is 12.8 Å². The van der Waals surface area contributed by atoms with Crippen molar-refractivity contribution in [1.29, 1.82) is 0 Å². The van der Waals surface area contributed by atoms with Crippen LogP contribution in [0.4, 0.5) is 5.69 Å². The van der Waals surface area contributed by atoms with E-state index >= 15 is 0 Å². The van der Waals surface area contributed by atoms with Crippen LogP contribution >= 0.6 is 11.6 Å². The first kappa shape index (κ1) is 18.1. The SMILES string of the molecule is O=C(COC(=O)CN1C(=O)[C@H]2CC=CC[C@@H]2C1=O)Nc1ccc(Cl)cc1. The number of esters is 1. The molecular weight excluding hydrogens is 360 g/mol. The van der Waals surface area contributed by atoms with E-state index in [1.54, 1.807) is 24.3 Å². The van der Waals surface area contributed by atoms with Gasteiger partial charge in [-0.25, -0.2) is 0 Å². The van der Waals surface area contributed by atoms with Gasteiger partial charge in [-0.05, 0) is 37.1 Å². The molecule has 0 radical (unpaired) electrons. The van der Waals surface area contributed by atoms with Gasteiger partial charge in [-0.2, -0.15) is 0 Å². The van der Waals surface area contributed by atoms with Crippen molar-refractivity contribution in [3.8, 4) is 0 Å². The molecular formula is C18H17ClN2O5. The van der Waals surface area contributed by atoms with E-state index in [0.29, 0.717) is 23.6 Å². The van der Waals surface area contributed by atoms with E-state index in [0.717, 1.165) is 4.90 Å². The number of rotatable bonds is 5. The first-order valence-corrected chi connectivity index (χ1v) is 8.55. The number of hydrogen-bond donors (Lipinski definition) is 1. The van der Waals surface area contributed by atoms with Crippen molar-refractivity contribution in [2.45, 2.75) is 12.8 Å². The van der Waals surface area contributed by atoms with Crippen molar-refractivity contribution in [3.63, 3.8) is 0 Å². The summed E-state index contributed by atoms with van der Waals surface area (Å²) in [4.78, 5) is 49.2. The molecule has 2 aliphatic rings. The number of carbonyl (C=O) groups is 4. The fraction of sp³-hybridized carbons (Fsp3) is 0.333. The van der Waals surface area contributed by atoms with Crippen LogP contribution in [0.5, 0.6) is 0 Å². The molecule has 136 valence electrons. The fourth-order valence-electron chi connectivity index (χ4n) is 3.08. The molecule has 0 saturated carbocycles. The number of imide groups is 1. The number of fused-ring (bicyclic) bond motifs is 1. The Bertz CT molecular complexity index is 748. The molecule has 1 aliphatic carbocycles. The Kier molecular flexibility index (Phi) is 5.37. The number of allylic oxidation sites excluding steroid dienone is 2. The number of halogens is 1. The van der Waals surface area contributed by atoms with Crippen molar-refractivity contribution in [2.24, 2.45) is 11.8 Å². The van der Waals surface area contributed by atoms with Gasteiger partial charge >= 0.3 is 5.97 Å². The number of anilines is 1. The number of hydrogen-bond acceptors (Lipinski definition) is 5. The number of carbonyl (C=O) groups excluding carboxylic acids is 4. The summed E-state index contributed by atoms with van der Waals surface area (Å²) >= 11 is 5.76. The van der Waals surface area contributed by atoms with Gasteiger partial charge in [0.25, 0.3) is 5.91 Å². The van der Waals surface area contributed by atoms with Crippen molar-refractivity contribution in [3.05, 3.63) is 41.4 Å². The molecule has 2 atom stereocenters. The number of ether oxygens (including phenoxy) is 1. The molecule has 1 heterocycles. The molecule has 1 aliphatic heterocycles. The summed E-state index contributed by atoms with van der Waals surface area (Å²) in [5, 5.41) is 3.08. The van der Waals surface area contributed by atoms with E-state index < -0.39 is 36.9 Å². The molecule has 0 spiro atoms. The van der Waals surface area contributed by atoms with E-state index in [1.807, 2.05) is 12.2 Å². The van der Waals surface area contributed by atoms with Gasteiger partial charge in [0.15, 0.2) is 6.61 Å². The Morgan fingerprint density at radius 2 is 1.65 bits per heavy atom. The van der Waals surface area contributed by atoms with E-state index in [4.69, 9.17) is 16.3 Å². The van der Waals surface area contributed by atoms with Gasteiger partial charge in [-0.3, -0.25) is 24.1 Å². The standard InChI is InChI=1S/C18H17ClN2O5/c19-11-5-7-12(8-6-11)20-15(22)10-26-16(23)9-21-17(24)13-3-1-2-4-14(13)18(21)25/h1-2,5-8,13-14H,3-4,9-10H2,(H,20,22)/t13-,14-/m0/s1. The van der Waals surface area contributed by atoms with E-state index in [9.17, 15) is 19.2 Å². The van der Waals surface area contributed by atoms with E-state index in [-0.39, 0.29) is 11.8 Å². The Labute approximate surface area is 154 Å². The van der Waals surface area contributed by atoms with Crippen molar-refractivity contribution in [2.75, 3.05) is 18.5 Å². The van der Waals surface area contributed by atoms with Gasteiger partial charge in [-0.1, -0.05) is 23.8 Å². The third-order valence-electron chi connectivity index (χ3n) is 4.38. The van der Waals surface area contributed by atoms with Crippen molar-refractivity contribution in [1.82, 2.24) is 4.90 Å². The second-order valence-electron chi connectivity index (χ2n) is 6.13. The number of nitrogens with zero attached hydrogens (tertiary/aromatic N) is 1. The summed E-state index contributed by atoms with van der Waals surface area (Å²) in [6.45, 7) is -0.981. The lowest BCUT2D eigenvalue weighted by Gasteiger charge is -2.14. The minimum absolute atomic E-state index is 0.355. The van der Waals surface area contributed by atoms with Crippen LogP contribution in [0, 0.1) is 11.8 Å². The topological polar surface area (TPSA) is 92.8 Å². The highest BCUT2D eigenvalue weighted by Crippen LogP contribution is 2.34. The van der Waals surface area contributed by atoms with Gasteiger partial charge < -0.3 is 10.1 Å². The Morgan fingerprint density at radius 3 is 2.23 bits per heavy atom. The molecule has 1 aromatic rings. The summed E-state index contributed by atoms with van der Waals surface area (Å²) in [7, 11) is 0. The highest BCUT2D eigenvalue weighted by atomic mass is 35.5. The van der Waals surface area contributed by atoms with Crippen LogP contribution in [0.15, 0.2) is 36.4 Å². The monoisotopic (exact) mass is 376 g/mol. The predicted molar refractivity (Wildman–Crippen MR) is 93.1 cm³/mol. The minimum atomic E-state index is -0.801. The van der Waals surface area contributed by atoms with Crippen molar-refractivity contribution < 1.29 is 23.9 Å². The molecule has 3 amide bonds. The molecule has 1 N–H and O–H groups in total. The van der Waals surface area contributed by atoms with Gasteiger partial charge in [0.1, 0.15) is 6.54 Å². The van der Waals surface area contributed by atoms with Gasteiger partial charge in [0, 0.05) is 10.7 Å². The third-order valence-corrected chi connectivity index (χ3v) is 4.63. The Balaban J connectivity index is 1.48. The summed E-state index contributed by atoms with van der Waals surface area (Å²) in [6.07, 6.45) is 4.75. The first-order valence-electron chi connectivity index (χ1n) is 8.17. The lowest BCUT2D eigenvalue weighted by atomic mass is 9.85. The van der Waals surface area contributed by atoms with Crippen LogP contribution < -0.4 is 5.32 Å². The number of nitrogens with one attached hydrogen (secondary N) is 1. The van der Waals surface area contributed by atoms with Crippen molar-refractivity contribution >= 4 is 41.0 Å². The fourth-order valence-corrected chi connectivity index (χ4v) is 3.20. The number of benzene rings is 1. The Hall–Kier alpha value is -2.67. The summed E-state index contributed by atoms with van der Waals surface area (Å²) in [5.41, 5.74) is 0.511. The number of likely N-dealkylation sites (tertiary alicyclic amines) is 1. The minimum Gasteiger partial charge on any atom is -0.454 e. The third kappa shape index (κ3) is 3.94. The molecule has 7 nitrogen and oxygen atoms in total. The van der Waals surface area contributed by atoms with Gasteiger partial charge in [0.05, 0.1) is 11.8 Å². The van der Waals surface area contributed by atoms with Crippen LogP contribution in [0.25, 0.3) is 0 Å². The first-order chi connectivity index (χ1) is 12.5. The average molecular weight is 377 g/mol. The van der Waals surface area contributed by atoms with Crippen LogP contribution in [0.2, 0.25) is 5.02 Å². The zero-order chi connectivity index (χ0) is 18.7. The van der Waals surface area contributed by atoms with Crippen LogP contribution in [0.3, 0.4) is 0 Å². The molecule has 26 heavy (non-hydrogen) atoms. The maximum atomic E-state index is 12.3. The lowest BCUT2D eigenvalue weighted by Crippen LogP contribution is -2.37. The second-order valence-corrected chi connectivity index (χ2v) is 6.57. The quantitative estimate of drug-likeness (QED) is 0.480. The van der Waals surface area contributed by atoms with Crippen LogP contribution in [-0.4, -0.2) is 41.7 Å². The molecule has 0 bridgehead atoms. The number of amides is 3. The maximum Gasteiger partial charge on any atom is 0.326 e. The highest BCUT2D eigenvalue weighted by molar-refractivity contribution is 6.30. The molecule has 1 saturated heterocycles. The molecule has 1 aromatic carbocycles. The van der Waals surface area contributed by atoms with E-state index in [2.05, 4.69) is 5.32 Å². The summed E-state index contributed by atoms with van der Waals surface area (Å²) in [6, 6.07) is 6.45. The largest absolute Gasteiger partial charge is 0.454 e. The molecule has 1 fully saturated rings. The maximum absolute atomic E-state index is 12.3. The zero-order valence-corrected chi connectivity index (χ0v) is 14.6. The zero-order valence-electron chi connectivity index (χ0n) is 13.8. The average Bonchev–Trinajstić information content (AvgIpc) is 2.87. The normalized spacial score (nSPS) is 21.5. The molecule has 3 rings (SSSR count). The van der Waals surface area contributed by atoms with Gasteiger partial charge in [0.2, 0.25) is 11.8 Å². The molecule has 8 heteroatoms. The second kappa shape index (κ2) is 7.70. The summed E-state index contributed by atoms with van der Waals surface area (Å²) < 4.78 is 4.87. The van der Waals surface area contributed by atoms with E-state index in [1.165, 1.54) is 0 Å². The molecule has 0 unspecified atom stereocenters. The molecule has 0 aromatic heterocycles. The lowest BCUT2D eigenvalue weighted by molar-refractivity contribution is -0.154. The smallest absolute Gasteiger partial charge is 0.326 e. The van der Waals surface area contributed by atoms with Crippen LogP contribution in [-0.2, 0) is 23.9 Å². The highest BCUT2D eigenvalue weighted by Gasteiger charge is 2.47. The summed E-state index contributed by atoms with van der Waals surface area (Å²) in [5.74, 6) is -2.83. The Morgan fingerprint density at radius 1 is 1.08 bits per heavy atom.